The summed E-state index contributed by atoms with van der Waals surface area (Å²) in [5, 5.41) is 11.2. The van der Waals surface area contributed by atoms with Gasteiger partial charge in [-0.25, -0.2) is 0 Å². The summed E-state index contributed by atoms with van der Waals surface area (Å²) in [5.41, 5.74) is -1.36. The van der Waals surface area contributed by atoms with E-state index in [2.05, 4.69) is 0 Å². The normalized spacial score (nSPS) is 33.0. The number of aliphatic hydroxyl groups excluding tert-OH is 1. The Morgan fingerprint density at radius 1 is 0.976 bits per heavy atom. The molecule has 1 unspecified atom stereocenters. The second-order valence-corrected chi connectivity index (χ2v) is 11.7. The Kier molecular flexibility index (Phi) is 7.26. The Bertz CT molecular complexity index is 1390. The standard InChI is InChI=1S/C32H33ClN2O6/c1-31-16-7-2-3-8-19-40-30(39)26(31)25-28(37)35(24(20-36)21-10-5-4-6-11-21)27-29(38)34(18-9-17-32(25,27)41-31)23-14-12-22(33)13-15-23/h4-7,9-17,24-27,36H,2-3,8,18-20H2,1H3/b16-7-/t24-,25+,26+,27?,31-,32+/m1/s1. The van der Waals surface area contributed by atoms with Gasteiger partial charge in [-0.05, 0) is 56.0 Å². The number of anilines is 1. The summed E-state index contributed by atoms with van der Waals surface area (Å²) in [6, 6.07) is 14.0. The number of rotatable bonds is 4. The number of halogens is 1. The number of aliphatic hydroxyl groups is 1. The molecule has 2 saturated heterocycles. The Hall–Kier alpha value is -3.46. The third-order valence-electron chi connectivity index (χ3n) is 8.77. The van der Waals surface area contributed by atoms with Crippen molar-refractivity contribution in [2.24, 2.45) is 11.8 Å². The fourth-order valence-electron chi connectivity index (χ4n) is 6.95. The first-order chi connectivity index (χ1) is 19.8. The number of cyclic esters (lactones) is 1. The van der Waals surface area contributed by atoms with Crippen molar-refractivity contribution in [3.05, 3.63) is 89.5 Å². The van der Waals surface area contributed by atoms with Gasteiger partial charge in [-0.2, -0.15) is 0 Å². The molecule has 2 amide bonds. The highest BCUT2D eigenvalue weighted by atomic mass is 35.5. The van der Waals surface area contributed by atoms with E-state index in [0.717, 1.165) is 12.8 Å². The summed E-state index contributed by atoms with van der Waals surface area (Å²) < 4.78 is 12.6. The van der Waals surface area contributed by atoms with E-state index in [1.807, 2.05) is 48.6 Å². The fraction of sp³-hybridized carbons (Fsp3) is 0.406. The van der Waals surface area contributed by atoms with Crippen molar-refractivity contribution in [1.82, 2.24) is 4.90 Å². The summed E-state index contributed by atoms with van der Waals surface area (Å²) in [5.74, 6) is -3.32. The predicted octanol–water partition coefficient (Wildman–Crippen LogP) is 4.23. The molecule has 0 bridgehead atoms. The molecule has 0 radical (unpaired) electrons. The highest BCUT2D eigenvalue weighted by Gasteiger charge is 2.75. The van der Waals surface area contributed by atoms with Gasteiger partial charge < -0.3 is 24.4 Å². The van der Waals surface area contributed by atoms with Crippen molar-refractivity contribution in [3.8, 4) is 0 Å². The number of carbonyl (C=O) groups is 3. The highest BCUT2D eigenvalue weighted by molar-refractivity contribution is 6.30. The third kappa shape index (κ3) is 4.49. The lowest BCUT2D eigenvalue weighted by atomic mass is 9.74. The average Bonchev–Trinajstić information content (AvgIpc) is 3.30. The molecule has 2 aromatic carbocycles. The highest BCUT2D eigenvalue weighted by Crippen LogP contribution is 2.58. The SMILES string of the molecule is C[C@@]12/C=C\CCCCOC(=O)[C@@H]1[C@H]1C(=O)N([C@H](CO)c3ccccc3)C3C(=O)N(c4ccc(Cl)cc4)CC=C[C@@]31O2. The van der Waals surface area contributed by atoms with Crippen molar-refractivity contribution in [3.63, 3.8) is 0 Å². The minimum atomic E-state index is -1.46. The van der Waals surface area contributed by atoms with Crippen LogP contribution in [0.25, 0.3) is 0 Å². The zero-order valence-corrected chi connectivity index (χ0v) is 23.6. The number of nitrogens with zero attached hydrogens (tertiary/aromatic N) is 2. The Morgan fingerprint density at radius 3 is 2.46 bits per heavy atom. The number of fused-ring (bicyclic) bond motifs is 2. The quantitative estimate of drug-likeness (QED) is 0.432. The molecule has 6 atom stereocenters. The molecule has 1 spiro atoms. The van der Waals surface area contributed by atoms with Gasteiger partial charge in [0.1, 0.15) is 17.6 Å². The van der Waals surface area contributed by atoms with Gasteiger partial charge >= 0.3 is 5.97 Å². The topological polar surface area (TPSA) is 96.4 Å². The van der Waals surface area contributed by atoms with E-state index in [4.69, 9.17) is 21.1 Å². The first-order valence-electron chi connectivity index (χ1n) is 14.1. The first kappa shape index (κ1) is 27.7. The molecule has 4 aliphatic rings. The molecule has 8 nitrogen and oxygen atoms in total. The average molecular weight is 577 g/mol. The van der Waals surface area contributed by atoms with E-state index >= 15 is 0 Å². The van der Waals surface area contributed by atoms with Crippen LogP contribution >= 0.6 is 11.6 Å². The van der Waals surface area contributed by atoms with E-state index in [1.54, 1.807) is 42.2 Å². The van der Waals surface area contributed by atoms with Gasteiger partial charge in [0.2, 0.25) is 5.91 Å². The summed E-state index contributed by atoms with van der Waals surface area (Å²) in [6.45, 7) is 1.86. The van der Waals surface area contributed by atoms with Crippen molar-refractivity contribution in [1.29, 1.82) is 0 Å². The number of likely N-dealkylation sites (tertiary alicyclic amines) is 1. The maximum Gasteiger partial charge on any atom is 0.313 e. The fourth-order valence-corrected chi connectivity index (χ4v) is 7.08. The summed E-state index contributed by atoms with van der Waals surface area (Å²) >= 11 is 6.13. The number of carbonyl (C=O) groups excluding carboxylic acids is 3. The minimum absolute atomic E-state index is 0.230. The second kappa shape index (κ2) is 10.7. The molecular weight excluding hydrogens is 544 g/mol. The van der Waals surface area contributed by atoms with Gasteiger partial charge in [0.05, 0.1) is 30.8 Å². The lowest BCUT2D eigenvalue weighted by Gasteiger charge is -2.40. The number of ether oxygens (including phenoxy) is 2. The molecule has 4 heterocycles. The number of hydrogen-bond donors (Lipinski definition) is 1. The van der Waals surface area contributed by atoms with E-state index in [9.17, 15) is 19.5 Å². The lowest BCUT2D eigenvalue weighted by Crippen LogP contribution is -2.57. The smallest absolute Gasteiger partial charge is 0.313 e. The van der Waals surface area contributed by atoms with Crippen LogP contribution in [0.4, 0.5) is 5.69 Å². The number of esters is 1. The molecular formula is C32H33ClN2O6. The molecule has 214 valence electrons. The van der Waals surface area contributed by atoms with Crippen LogP contribution in [-0.2, 0) is 23.9 Å². The third-order valence-corrected chi connectivity index (χ3v) is 9.02. The number of allylic oxidation sites excluding steroid dienone is 1. The van der Waals surface area contributed by atoms with Crippen LogP contribution in [-0.4, -0.2) is 64.8 Å². The number of amides is 2. The molecule has 1 N–H and O–H groups in total. The molecule has 0 saturated carbocycles. The van der Waals surface area contributed by atoms with Crippen LogP contribution in [0.15, 0.2) is 78.9 Å². The summed E-state index contributed by atoms with van der Waals surface area (Å²) in [7, 11) is 0. The molecule has 0 aliphatic carbocycles. The molecule has 9 heteroatoms. The predicted molar refractivity (Wildman–Crippen MR) is 153 cm³/mol. The number of hydrogen-bond acceptors (Lipinski definition) is 6. The zero-order valence-electron chi connectivity index (χ0n) is 22.8. The van der Waals surface area contributed by atoms with E-state index in [1.165, 1.54) is 4.90 Å². The molecule has 6 rings (SSSR count). The van der Waals surface area contributed by atoms with E-state index < -0.39 is 53.6 Å². The molecule has 2 fully saturated rings. The lowest BCUT2D eigenvalue weighted by molar-refractivity contribution is -0.160. The number of benzene rings is 2. The van der Waals surface area contributed by atoms with Crippen LogP contribution in [0.5, 0.6) is 0 Å². The Labute approximate surface area is 244 Å². The van der Waals surface area contributed by atoms with E-state index in [0.29, 0.717) is 22.7 Å². The largest absolute Gasteiger partial charge is 0.465 e. The van der Waals surface area contributed by atoms with Crippen molar-refractivity contribution >= 4 is 35.1 Å². The molecule has 4 aliphatic heterocycles. The maximum atomic E-state index is 14.7. The minimum Gasteiger partial charge on any atom is -0.465 e. The molecule has 41 heavy (non-hydrogen) atoms. The van der Waals surface area contributed by atoms with Crippen LogP contribution < -0.4 is 4.90 Å². The van der Waals surface area contributed by atoms with E-state index in [-0.39, 0.29) is 19.1 Å². The molecule has 0 aromatic heterocycles. The van der Waals surface area contributed by atoms with Gasteiger partial charge in [-0.3, -0.25) is 14.4 Å². The van der Waals surface area contributed by atoms with Gasteiger partial charge in [-0.15, -0.1) is 0 Å². The van der Waals surface area contributed by atoms with Gasteiger partial charge in [0, 0.05) is 17.3 Å². The summed E-state index contributed by atoms with van der Waals surface area (Å²) in [4.78, 5) is 46.0. The van der Waals surface area contributed by atoms with Crippen LogP contribution in [0.1, 0.15) is 37.8 Å². The van der Waals surface area contributed by atoms with Gasteiger partial charge in [-0.1, -0.05) is 66.2 Å². The van der Waals surface area contributed by atoms with Crippen molar-refractivity contribution in [2.75, 3.05) is 24.7 Å². The van der Waals surface area contributed by atoms with Gasteiger partial charge in [0.15, 0.2) is 0 Å². The Balaban J connectivity index is 1.53. The van der Waals surface area contributed by atoms with Crippen LogP contribution in [0.3, 0.4) is 0 Å². The molecule has 2 aromatic rings. The first-order valence-corrected chi connectivity index (χ1v) is 14.5. The zero-order chi connectivity index (χ0) is 28.8. The monoisotopic (exact) mass is 576 g/mol. The van der Waals surface area contributed by atoms with Crippen LogP contribution in [0.2, 0.25) is 5.02 Å². The maximum absolute atomic E-state index is 14.7. The second-order valence-electron chi connectivity index (χ2n) is 11.2. The summed E-state index contributed by atoms with van der Waals surface area (Å²) in [6.07, 6.45) is 9.81. The Morgan fingerprint density at radius 2 is 1.73 bits per heavy atom. The van der Waals surface area contributed by atoms with Crippen LogP contribution in [0, 0.1) is 11.8 Å². The van der Waals surface area contributed by atoms with Crippen molar-refractivity contribution < 1.29 is 29.0 Å². The van der Waals surface area contributed by atoms with Gasteiger partial charge in [0.25, 0.3) is 5.91 Å². The van der Waals surface area contributed by atoms with Crippen molar-refractivity contribution in [2.45, 2.75) is 49.5 Å².